The highest BCUT2D eigenvalue weighted by molar-refractivity contribution is 6.08. The maximum Gasteiger partial charge on any atom is 0.0870 e. The first-order valence-corrected chi connectivity index (χ1v) is 16.8. The molecule has 8 rings (SSSR count). The second kappa shape index (κ2) is 12.1. The van der Waals surface area contributed by atoms with Gasteiger partial charge in [0, 0.05) is 34.5 Å². The van der Waals surface area contributed by atoms with Crippen molar-refractivity contribution in [3.05, 3.63) is 157 Å². The van der Waals surface area contributed by atoms with Gasteiger partial charge in [0.15, 0.2) is 0 Å². The van der Waals surface area contributed by atoms with Crippen molar-refractivity contribution in [3.63, 3.8) is 0 Å². The van der Waals surface area contributed by atoms with Crippen molar-refractivity contribution in [2.45, 2.75) is 39.5 Å². The molecule has 0 amide bonds. The smallest absolute Gasteiger partial charge is 0.0870 e. The van der Waals surface area contributed by atoms with E-state index in [0.29, 0.717) is 11.8 Å². The van der Waals surface area contributed by atoms with Gasteiger partial charge in [0.05, 0.1) is 33.8 Å². The molecule has 234 valence electrons. The highest BCUT2D eigenvalue weighted by Gasteiger charge is 2.22. The molecule has 0 aliphatic heterocycles. The lowest BCUT2D eigenvalue weighted by Gasteiger charge is -2.18. The average Bonchev–Trinajstić information content (AvgIpc) is 3.72. The molecule has 4 aromatic carbocycles. The molecule has 0 spiro atoms. The van der Waals surface area contributed by atoms with Gasteiger partial charge in [-0.15, -0.1) is 0 Å². The summed E-state index contributed by atoms with van der Waals surface area (Å²) in [6, 6.07) is 47.9. The van der Waals surface area contributed by atoms with E-state index in [-0.39, 0.29) is 0 Å². The van der Waals surface area contributed by atoms with Crippen LogP contribution >= 0.6 is 0 Å². The zero-order valence-corrected chi connectivity index (χ0v) is 27.8. The number of pyridine rings is 2. The molecular weight excluding hydrogens is 585 g/mol. The van der Waals surface area contributed by atoms with Gasteiger partial charge < -0.3 is 9.13 Å². The summed E-state index contributed by atoms with van der Waals surface area (Å²) < 4.78 is 4.81. The van der Waals surface area contributed by atoms with E-state index in [1.54, 1.807) is 0 Å². The van der Waals surface area contributed by atoms with E-state index in [0.717, 1.165) is 33.8 Å². The van der Waals surface area contributed by atoms with Crippen molar-refractivity contribution < 1.29 is 0 Å². The number of rotatable bonds is 7. The Bertz CT molecular complexity index is 2220. The lowest BCUT2D eigenvalue weighted by atomic mass is 9.98. The van der Waals surface area contributed by atoms with E-state index in [1.165, 1.54) is 44.4 Å². The zero-order valence-electron chi connectivity index (χ0n) is 27.8. The molecule has 0 unspecified atom stereocenters. The number of nitrogens with zero attached hydrogens (tertiary/aromatic N) is 4. The first-order chi connectivity index (χ1) is 23.5. The third-order valence-electron chi connectivity index (χ3n) is 9.44. The molecule has 0 bridgehead atoms. The molecule has 4 aromatic heterocycles. The average molecular weight is 623 g/mol. The van der Waals surface area contributed by atoms with Crippen molar-refractivity contribution in [1.29, 1.82) is 0 Å². The van der Waals surface area contributed by atoms with Crippen molar-refractivity contribution in [1.82, 2.24) is 19.1 Å². The second-order valence-electron chi connectivity index (χ2n) is 13.1. The van der Waals surface area contributed by atoms with E-state index in [1.807, 2.05) is 24.5 Å². The van der Waals surface area contributed by atoms with Crippen LogP contribution in [0.3, 0.4) is 0 Å². The van der Waals surface area contributed by atoms with Crippen LogP contribution in [0.4, 0.5) is 0 Å². The van der Waals surface area contributed by atoms with Crippen molar-refractivity contribution in [3.8, 4) is 45.3 Å². The quantitative estimate of drug-likeness (QED) is 0.177. The first-order valence-electron chi connectivity index (χ1n) is 16.8. The van der Waals surface area contributed by atoms with Crippen LogP contribution in [-0.4, -0.2) is 19.1 Å². The first kappa shape index (κ1) is 29.6. The topological polar surface area (TPSA) is 35.6 Å². The summed E-state index contributed by atoms with van der Waals surface area (Å²) in [5.74, 6) is 0.733. The van der Waals surface area contributed by atoms with Gasteiger partial charge in [0.2, 0.25) is 0 Å². The number of hydrogen-bond donors (Lipinski definition) is 0. The lowest BCUT2D eigenvalue weighted by Crippen LogP contribution is -2.03. The highest BCUT2D eigenvalue weighted by atomic mass is 15.0. The molecule has 0 saturated heterocycles. The van der Waals surface area contributed by atoms with Gasteiger partial charge in [-0.05, 0) is 94.8 Å². The second-order valence-corrected chi connectivity index (χ2v) is 13.1. The number of aromatic nitrogens is 4. The fraction of sp³-hybridized carbons (Fsp3) is 0.136. The van der Waals surface area contributed by atoms with Crippen LogP contribution < -0.4 is 0 Å². The number of fused-ring (bicyclic) bond motifs is 2. The third kappa shape index (κ3) is 4.92. The van der Waals surface area contributed by atoms with Gasteiger partial charge in [0.1, 0.15) is 0 Å². The molecule has 0 aliphatic rings. The Morgan fingerprint density at radius 1 is 0.438 bits per heavy atom. The number of benzene rings is 4. The molecule has 0 radical (unpaired) electrons. The Kier molecular flexibility index (Phi) is 7.49. The molecule has 4 heteroatoms. The van der Waals surface area contributed by atoms with Crippen LogP contribution in [0, 0.1) is 0 Å². The van der Waals surface area contributed by atoms with Crippen molar-refractivity contribution >= 4 is 21.8 Å². The maximum absolute atomic E-state index is 4.83. The monoisotopic (exact) mass is 622 g/mol. The summed E-state index contributed by atoms with van der Waals surface area (Å²) in [5.41, 5.74) is 13.7. The molecule has 4 heterocycles. The fourth-order valence-corrected chi connectivity index (χ4v) is 7.21. The van der Waals surface area contributed by atoms with Crippen LogP contribution in [0.1, 0.15) is 50.7 Å². The normalized spacial score (nSPS) is 11.7. The standard InChI is InChI=1S/C44H38N4/c1-29(2)31-15-5-7-21-39(31)47-41-23-13-17-33(35(41)27-43(47)37-19-9-11-25-45-37)34-18-14-24-42-36(34)28-44(38-20-10-12-26-46-38)48(42)40-22-8-6-16-32(40)30(3)4/h5-30H,1-4H3. The van der Waals surface area contributed by atoms with Gasteiger partial charge in [-0.2, -0.15) is 0 Å². The van der Waals surface area contributed by atoms with Crippen molar-refractivity contribution in [2.75, 3.05) is 0 Å². The van der Waals surface area contributed by atoms with E-state index in [2.05, 4.69) is 158 Å². The third-order valence-corrected chi connectivity index (χ3v) is 9.44. The van der Waals surface area contributed by atoms with Gasteiger partial charge in [-0.1, -0.05) is 100 Å². The van der Waals surface area contributed by atoms with Crippen LogP contribution in [0.2, 0.25) is 0 Å². The van der Waals surface area contributed by atoms with Crippen molar-refractivity contribution in [2.24, 2.45) is 0 Å². The van der Waals surface area contributed by atoms with Crippen LogP contribution in [0.15, 0.2) is 146 Å². The predicted molar refractivity (Wildman–Crippen MR) is 200 cm³/mol. The van der Waals surface area contributed by atoms with Crippen LogP contribution in [0.5, 0.6) is 0 Å². The minimum absolute atomic E-state index is 0.366. The lowest BCUT2D eigenvalue weighted by molar-refractivity contribution is 0.851. The molecule has 0 N–H and O–H groups in total. The molecule has 8 aromatic rings. The summed E-state index contributed by atoms with van der Waals surface area (Å²) in [6.07, 6.45) is 3.76. The summed E-state index contributed by atoms with van der Waals surface area (Å²) in [6.45, 7) is 9.05. The number of hydrogen-bond acceptors (Lipinski definition) is 2. The van der Waals surface area contributed by atoms with Gasteiger partial charge in [0.25, 0.3) is 0 Å². The van der Waals surface area contributed by atoms with E-state index in [9.17, 15) is 0 Å². The highest BCUT2D eigenvalue weighted by Crippen LogP contribution is 2.42. The van der Waals surface area contributed by atoms with E-state index in [4.69, 9.17) is 9.97 Å². The molecule has 48 heavy (non-hydrogen) atoms. The van der Waals surface area contributed by atoms with Gasteiger partial charge in [-0.25, -0.2) is 0 Å². The SMILES string of the molecule is CC(C)c1ccccc1-n1c(-c2ccccn2)cc2c(-c3cccc4c3cc(-c3ccccn3)n4-c3ccccc3C(C)C)cccc21. The van der Waals surface area contributed by atoms with E-state index < -0.39 is 0 Å². The van der Waals surface area contributed by atoms with Gasteiger partial charge in [-0.3, -0.25) is 9.97 Å². The molecule has 0 atom stereocenters. The molecule has 0 saturated carbocycles. The summed E-state index contributed by atoms with van der Waals surface area (Å²) in [5, 5.41) is 2.39. The Balaban J connectivity index is 1.44. The Hall–Kier alpha value is -5.74. The summed E-state index contributed by atoms with van der Waals surface area (Å²) in [4.78, 5) is 9.66. The molecule has 0 fully saturated rings. The Morgan fingerprint density at radius 3 is 1.25 bits per heavy atom. The zero-order chi connectivity index (χ0) is 32.8. The Labute approximate surface area is 282 Å². The maximum atomic E-state index is 4.83. The van der Waals surface area contributed by atoms with Crippen LogP contribution in [-0.2, 0) is 0 Å². The Morgan fingerprint density at radius 2 is 0.854 bits per heavy atom. The summed E-state index contributed by atoms with van der Waals surface area (Å²) in [7, 11) is 0. The predicted octanol–water partition coefficient (Wildman–Crippen LogP) is 11.6. The van der Waals surface area contributed by atoms with E-state index >= 15 is 0 Å². The molecular formula is C44H38N4. The number of para-hydroxylation sites is 2. The molecule has 0 aliphatic carbocycles. The molecule has 4 nitrogen and oxygen atoms in total. The minimum atomic E-state index is 0.366. The fourth-order valence-electron chi connectivity index (χ4n) is 7.21. The largest absolute Gasteiger partial charge is 0.307 e. The van der Waals surface area contributed by atoms with Gasteiger partial charge >= 0.3 is 0 Å². The minimum Gasteiger partial charge on any atom is -0.307 e. The van der Waals surface area contributed by atoms with Crippen LogP contribution in [0.25, 0.3) is 67.1 Å². The summed E-state index contributed by atoms with van der Waals surface area (Å²) >= 11 is 0.